The highest BCUT2D eigenvalue weighted by Crippen LogP contribution is 2.34. The van der Waals surface area contributed by atoms with Gasteiger partial charge in [0.25, 0.3) is 0 Å². The molecule has 25 heavy (non-hydrogen) atoms. The summed E-state index contributed by atoms with van der Waals surface area (Å²) in [6.07, 6.45) is 7.71. The molecule has 0 saturated carbocycles. The number of methoxy groups -OCH3 is 1. The van der Waals surface area contributed by atoms with Crippen LogP contribution in [-0.4, -0.2) is 54.4 Å². The van der Waals surface area contributed by atoms with E-state index in [2.05, 4.69) is 14.9 Å². The largest absolute Gasteiger partial charge is 0.385 e. The van der Waals surface area contributed by atoms with E-state index in [-0.39, 0.29) is 5.16 Å². The van der Waals surface area contributed by atoms with Crippen molar-refractivity contribution in [2.24, 2.45) is 0 Å². The van der Waals surface area contributed by atoms with Gasteiger partial charge >= 0.3 is 0 Å². The molecule has 0 bridgehead atoms. The van der Waals surface area contributed by atoms with E-state index in [9.17, 15) is 8.42 Å². The van der Waals surface area contributed by atoms with Gasteiger partial charge in [-0.2, -0.15) is 0 Å². The number of likely N-dealkylation sites (tertiary alicyclic amines) is 1. The zero-order valence-electron chi connectivity index (χ0n) is 14.6. The molecule has 7 nitrogen and oxygen atoms in total. The summed E-state index contributed by atoms with van der Waals surface area (Å²) in [6, 6.07) is 0.309. The second-order valence-electron chi connectivity index (χ2n) is 6.30. The fraction of sp³-hybridized carbons (Fsp3) is 0.625. The summed E-state index contributed by atoms with van der Waals surface area (Å²) < 4.78 is 31.0. The molecule has 0 aliphatic carbocycles. The number of thiazole rings is 1. The minimum absolute atomic E-state index is 0.142. The van der Waals surface area contributed by atoms with Gasteiger partial charge < -0.3 is 9.30 Å². The summed E-state index contributed by atoms with van der Waals surface area (Å²) >= 11 is 1.68. The first-order valence-electron chi connectivity index (χ1n) is 8.37. The molecule has 0 spiro atoms. The Morgan fingerprint density at radius 2 is 2.24 bits per heavy atom. The first kappa shape index (κ1) is 18.5. The van der Waals surface area contributed by atoms with Crippen molar-refractivity contribution in [2.45, 2.75) is 43.6 Å². The van der Waals surface area contributed by atoms with Gasteiger partial charge in [-0.15, -0.1) is 11.3 Å². The minimum Gasteiger partial charge on any atom is -0.385 e. The van der Waals surface area contributed by atoms with Crippen LogP contribution in [-0.2, 0) is 27.7 Å². The maximum absolute atomic E-state index is 12.1. The Hall–Kier alpha value is -1.29. The number of ether oxygens (including phenoxy) is 1. The van der Waals surface area contributed by atoms with E-state index in [1.807, 2.05) is 16.1 Å². The molecule has 0 amide bonds. The van der Waals surface area contributed by atoms with Gasteiger partial charge in [-0.1, -0.05) is 0 Å². The smallest absolute Gasteiger partial charge is 0.227 e. The molecular weight excluding hydrogens is 360 g/mol. The maximum Gasteiger partial charge on any atom is 0.227 e. The van der Waals surface area contributed by atoms with Crippen LogP contribution in [0.2, 0.25) is 0 Å². The predicted molar refractivity (Wildman–Crippen MR) is 96.3 cm³/mol. The van der Waals surface area contributed by atoms with Crippen molar-refractivity contribution >= 4 is 21.2 Å². The summed E-state index contributed by atoms with van der Waals surface area (Å²) in [4.78, 5) is 11.0. The van der Waals surface area contributed by atoms with Gasteiger partial charge in [0.15, 0.2) is 0 Å². The van der Waals surface area contributed by atoms with Crippen molar-refractivity contribution in [3.8, 4) is 0 Å². The molecular formula is C16H24N4O3S2. The van der Waals surface area contributed by atoms with Crippen LogP contribution in [0.5, 0.6) is 0 Å². The highest BCUT2D eigenvalue weighted by Gasteiger charge is 2.29. The van der Waals surface area contributed by atoms with Crippen LogP contribution in [0.4, 0.5) is 0 Å². The molecule has 1 unspecified atom stereocenters. The quantitative estimate of drug-likeness (QED) is 0.649. The predicted octanol–water partition coefficient (Wildman–Crippen LogP) is 2.12. The van der Waals surface area contributed by atoms with Gasteiger partial charge in [0.2, 0.25) is 15.0 Å². The summed E-state index contributed by atoms with van der Waals surface area (Å²) in [5.41, 5.74) is 0.931. The Labute approximate surface area is 152 Å². The lowest BCUT2D eigenvalue weighted by molar-refractivity contribution is 0.187. The third-order valence-corrected chi connectivity index (χ3v) is 6.29. The molecule has 1 atom stereocenters. The lowest BCUT2D eigenvalue weighted by Crippen LogP contribution is -2.25. The van der Waals surface area contributed by atoms with Crippen molar-refractivity contribution in [3.05, 3.63) is 28.5 Å². The monoisotopic (exact) mass is 384 g/mol. The van der Waals surface area contributed by atoms with Crippen LogP contribution in [0, 0.1) is 0 Å². The average Bonchev–Trinajstić information content (AvgIpc) is 3.27. The topological polar surface area (TPSA) is 77.3 Å². The Morgan fingerprint density at radius 3 is 2.92 bits per heavy atom. The molecule has 1 saturated heterocycles. The van der Waals surface area contributed by atoms with E-state index in [0.717, 1.165) is 36.5 Å². The SMILES string of the molecule is COCCCn1c(CN2CCCC2c2nccs2)cnc1S(C)(=O)=O. The molecule has 0 radical (unpaired) electrons. The van der Waals surface area contributed by atoms with Gasteiger partial charge in [0.05, 0.1) is 17.9 Å². The molecule has 3 heterocycles. The van der Waals surface area contributed by atoms with E-state index >= 15 is 0 Å². The number of rotatable bonds is 8. The van der Waals surface area contributed by atoms with Gasteiger partial charge in [0, 0.05) is 44.6 Å². The fourth-order valence-electron chi connectivity index (χ4n) is 3.32. The van der Waals surface area contributed by atoms with Crippen LogP contribution in [0.25, 0.3) is 0 Å². The van der Waals surface area contributed by atoms with Crippen molar-refractivity contribution in [1.82, 2.24) is 19.4 Å². The molecule has 3 rings (SSSR count). The van der Waals surface area contributed by atoms with Gasteiger partial charge in [0.1, 0.15) is 5.01 Å². The summed E-state index contributed by atoms with van der Waals surface area (Å²) in [5, 5.41) is 3.28. The van der Waals surface area contributed by atoms with Crippen molar-refractivity contribution in [2.75, 3.05) is 26.5 Å². The third kappa shape index (κ3) is 4.28. The molecule has 0 N–H and O–H groups in total. The van der Waals surface area contributed by atoms with E-state index in [0.29, 0.717) is 25.7 Å². The lowest BCUT2D eigenvalue weighted by atomic mass is 10.2. The summed E-state index contributed by atoms with van der Waals surface area (Å²) in [6.45, 7) is 2.84. The summed E-state index contributed by atoms with van der Waals surface area (Å²) in [7, 11) is -1.71. The Bertz CT molecular complexity index is 786. The van der Waals surface area contributed by atoms with Gasteiger partial charge in [-0.25, -0.2) is 18.4 Å². The molecule has 138 valence electrons. The Kier molecular flexibility index (Phi) is 5.88. The molecule has 1 fully saturated rings. The number of nitrogens with zero attached hydrogens (tertiary/aromatic N) is 4. The van der Waals surface area contributed by atoms with E-state index < -0.39 is 9.84 Å². The van der Waals surface area contributed by atoms with Crippen LogP contribution < -0.4 is 0 Å². The number of hydrogen-bond donors (Lipinski definition) is 0. The molecule has 2 aromatic heterocycles. The van der Waals surface area contributed by atoms with Crippen molar-refractivity contribution in [3.63, 3.8) is 0 Å². The zero-order valence-corrected chi connectivity index (χ0v) is 16.2. The minimum atomic E-state index is -3.36. The number of sulfone groups is 1. The van der Waals surface area contributed by atoms with Crippen molar-refractivity contribution < 1.29 is 13.2 Å². The standard InChI is InChI=1S/C16H24N4O3S2/c1-23-9-4-8-20-13(11-18-16(20)25(2,21)22)12-19-7-3-5-14(19)15-17-6-10-24-15/h6,10-11,14H,3-5,7-9,12H2,1-2H3. The van der Waals surface area contributed by atoms with E-state index in [4.69, 9.17) is 4.74 Å². The van der Waals surface area contributed by atoms with Gasteiger partial charge in [-0.3, -0.25) is 4.90 Å². The van der Waals surface area contributed by atoms with Crippen LogP contribution in [0.1, 0.15) is 36.0 Å². The fourth-order valence-corrected chi connectivity index (χ4v) is 4.98. The van der Waals surface area contributed by atoms with Gasteiger partial charge in [-0.05, 0) is 25.8 Å². The number of aromatic nitrogens is 3. The number of hydrogen-bond acceptors (Lipinski definition) is 7. The number of imidazole rings is 1. The van der Waals surface area contributed by atoms with Crippen molar-refractivity contribution in [1.29, 1.82) is 0 Å². The molecule has 1 aliphatic rings. The van der Waals surface area contributed by atoms with Crippen LogP contribution in [0.3, 0.4) is 0 Å². The second kappa shape index (κ2) is 7.94. The highest BCUT2D eigenvalue weighted by molar-refractivity contribution is 7.90. The molecule has 0 aromatic carbocycles. The maximum atomic E-state index is 12.1. The Morgan fingerprint density at radius 1 is 1.40 bits per heavy atom. The molecule has 9 heteroatoms. The zero-order chi connectivity index (χ0) is 17.9. The second-order valence-corrected chi connectivity index (χ2v) is 9.14. The van der Waals surface area contributed by atoms with Crippen LogP contribution >= 0.6 is 11.3 Å². The molecule has 1 aliphatic heterocycles. The van der Waals surface area contributed by atoms with E-state index in [1.165, 1.54) is 6.26 Å². The Balaban J connectivity index is 1.82. The lowest BCUT2D eigenvalue weighted by Gasteiger charge is -2.23. The summed E-state index contributed by atoms with van der Waals surface area (Å²) in [5.74, 6) is 0. The highest BCUT2D eigenvalue weighted by atomic mass is 32.2. The first-order chi connectivity index (χ1) is 12.0. The normalized spacial score (nSPS) is 18.9. The average molecular weight is 385 g/mol. The van der Waals surface area contributed by atoms with E-state index in [1.54, 1.807) is 24.6 Å². The van der Waals surface area contributed by atoms with Crippen LogP contribution in [0.15, 0.2) is 22.9 Å². The first-order valence-corrected chi connectivity index (χ1v) is 11.1. The third-order valence-electron chi connectivity index (χ3n) is 4.43. The molecule has 2 aromatic rings.